The highest BCUT2D eigenvalue weighted by molar-refractivity contribution is 6.31. The maximum absolute atomic E-state index is 11.8. The van der Waals surface area contributed by atoms with Crippen LogP contribution in [0.15, 0.2) is 12.3 Å². The molecule has 0 aliphatic rings. The zero-order chi connectivity index (χ0) is 13.7. The van der Waals surface area contributed by atoms with Gasteiger partial charge >= 0.3 is 5.97 Å². The Morgan fingerprint density at radius 2 is 2.22 bits per heavy atom. The van der Waals surface area contributed by atoms with Crippen LogP contribution in [-0.4, -0.2) is 39.3 Å². The Bertz CT molecular complexity index is 444. The van der Waals surface area contributed by atoms with Crippen LogP contribution < -0.4 is 5.32 Å². The zero-order valence-electron chi connectivity index (χ0n) is 9.89. The fourth-order valence-electron chi connectivity index (χ4n) is 1.46. The molecular formula is C11H15ClN2O4. The van der Waals surface area contributed by atoms with E-state index in [1.165, 1.54) is 6.07 Å². The van der Waals surface area contributed by atoms with Crippen molar-refractivity contribution < 1.29 is 19.8 Å². The fraction of sp³-hybridized carbons (Fsp3) is 0.455. The van der Waals surface area contributed by atoms with Gasteiger partial charge in [-0.1, -0.05) is 11.6 Å². The zero-order valence-corrected chi connectivity index (χ0v) is 10.6. The molecule has 0 saturated carbocycles. The van der Waals surface area contributed by atoms with Gasteiger partial charge in [-0.15, -0.1) is 0 Å². The summed E-state index contributed by atoms with van der Waals surface area (Å²) in [4.78, 5) is 22.1. The average Bonchev–Trinajstić information content (AvgIpc) is 2.70. The summed E-state index contributed by atoms with van der Waals surface area (Å²) in [6.07, 6.45) is 0.136. The van der Waals surface area contributed by atoms with E-state index in [4.69, 9.17) is 21.8 Å². The lowest BCUT2D eigenvalue weighted by atomic mass is 10.2. The smallest absolute Gasteiger partial charge is 0.332 e. The number of amides is 1. The van der Waals surface area contributed by atoms with Crippen LogP contribution in [0.1, 0.15) is 23.8 Å². The molecule has 1 unspecified atom stereocenters. The summed E-state index contributed by atoms with van der Waals surface area (Å²) in [5.74, 6) is -1.65. The number of rotatable bonds is 6. The average molecular weight is 275 g/mol. The molecule has 1 rings (SSSR count). The molecule has 1 heterocycles. The largest absolute Gasteiger partial charge is 0.479 e. The number of hydrogen-bond acceptors (Lipinski definition) is 3. The second-order valence-electron chi connectivity index (χ2n) is 3.73. The van der Waals surface area contributed by atoms with Gasteiger partial charge in [-0.05, 0) is 13.0 Å². The number of carboxylic acids is 1. The Morgan fingerprint density at radius 3 is 2.78 bits per heavy atom. The minimum Gasteiger partial charge on any atom is -0.479 e. The Morgan fingerprint density at radius 1 is 1.56 bits per heavy atom. The number of carbonyl (C=O) groups is 2. The summed E-state index contributed by atoms with van der Waals surface area (Å²) in [5.41, 5.74) is 0.410. The topological polar surface area (TPSA) is 91.6 Å². The summed E-state index contributed by atoms with van der Waals surface area (Å²) < 4.78 is 1.69. The van der Waals surface area contributed by atoms with Crippen molar-refractivity contribution in [2.24, 2.45) is 0 Å². The van der Waals surface area contributed by atoms with E-state index in [0.717, 1.165) is 0 Å². The number of aryl methyl sites for hydroxylation is 1. The molecule has 0 aliphatic carbocycles. The second kappa shape index (κ2) is 6.42. The summed E-state index contributed by atoms with van der Waals surface area (Å²) in [7, 11) is 0. The van der Waals surface area contributed by atoms with Crippen molar-refractivity contribution in [1.82, 2.24) is 9.88 Å². The number of hydrogen-bond donors (Lipinski definition) is 3. The van der Waals surface area contributed by atoms with Gasteiger partial charge in [0.15, 0.2) is 6.10 Å². The molecule has 0 spiro atoms. The fourth-order valence-corrected chi connectivity index (χ4v) is 1.68. The SMILES string of the molecule is CCn1cc(Cl)cc1C(=O)NCCC(O)C(=O)O. The number of aliphatic hydroxyl groups excluding tert-OH is 1. The van der Waals surface area contributed by atoms with E-state index in [0.29, 0.717) is 17.3 Å². The number of nitrogens with zero attached hydrogens (tertiary/aromatic N) is 1. The van der Waals surface area contributed by atoms with Crippen molar-refractivity contribution in [3.63, 3.8) is 0 Å². The number of halogens is 1. The predicted octanol–water partition coefficient (Wildman–Crippen LogP) is 0.727. The first-order valence-electron chi connectivity index (χ1n) is 5.50. The van der Waals surface area contributed by atoms with Crippen LogP contribution in [0.25, 0.3) is 0 Å². The Labute approximate surface area is 109 Å². The summed E-state index contributed by atoms with van der Waals surface area (Å²) in [6.45, 7) is 2.56. The van der Waals surface area contributed by atoms with Gasteiger partial charge in [-0.3, -0.25) is 4.79 Å². The van der Waals surface area contributed by atoms with Gasteiger partial charge in [0.05, 0.1) is 5.02 Å². The minimum absolute atomic E-state index is 0.0400. The third kappa shape index (κ3) is 3.75. The summed E-state index contributed by atoms with van der Waals surface area (Å²) >= 11 is 5.80. The maximum Gasteiger partial charge on any atom is 0.332 e. The van der Waals surface area contributed by atoms with Crippen molar-refractivity contribution in [1.29, 1.82) is 0 Å². The lowest BCUT2D eigenvalue weighted by Gasteiger charge is -2.08. The molecule has 1 atom stereocenters. The Balaban J connectivity index is 2.52. The van der Waals surface area contributed by atoms with Crippen molar-refractivity contribution in [2.45, 2.75) is 26.0 Å². The third-order valence-electron chi connectivity index (χ3n) is 2.42. The minimum atomic E-state index is -1.47. The Kier molecular flexibility index (Phi) is 5.18. The van der Waals surface area contributed by atoms with Crippen LogP contribution in [0, 0.1) is 0 Å². The maximum atomic E-state index is 11.8. The molecule has 1 aromatic heterocycles. The van der Waals surface area contributed by atoms with Gasteiger partial charge in [-0.25, -0.2) is 4.79 Å². The Hall–Kier alpha value is -1.53. The molecule has 0 aromatic carbocycles. The van der Waals surface area contributed by atoms with Crippen LogP contribution in [0.3, 0.4) is 0 Å². The highest BCUT2D eigenvalue weighted by Gasteiger charge is 2.15. The summed E-state index contributed by atoms with van der Waals surface area (Å²) in [6, 6.07) is 1.54. The number of carbonyl (C=O) groups excluding carboxylic acids is 1. The number of aliphatic hydroxyl groups is 1. The van der Waals surface area contributed by atoms with Crippen LogP contribution in [0.4, 0.5) is 0 Å². The van der Waals surface area contributed by atoms with Gasteiger partial charge in [0, 0.05) is 25.7 Å². The predicted molar refractivity (Wildman–Crippen MR) is 65.7 cm³/mol. The normalized spacial score (nSPS) is 12.2. The molecule has 0 radical (unpaired) electrons. The van der Waals surface area contributed by atoms with E-state index in [2.05, 4.69) is 5.32 Å². The van der Waals surface area contributed by atoms with Crippen molar-refractivity contribution in [3.8, 4) is 0 Å². The first-order chi connectivity index (χ1) is 8.45. The molecule has 18 heavy (non-hydrogen) atoms. The van der Waals surface area contributed by atoms with E-state index < -0.39 is 12.1 Å². The standard InChI is InChI=1S/C11H15ClN2O4/c1-2-14-6-7(12)5-8(14)10(16)13-4-3-9(15)11(17)18/h5-6,9,15H,2-4H2,1H3,(H,13,16)(H,17,18). The molecule has 0 bridgehead atoms. The van der Waals surface area contributed by atoms with Crippen molar-refractivity contribution >= 4 is 23.5 Å². The van der Waals surface area contributed by atoms with E-state index in [1.807, 2.05) is 6.92 Å². The second-order valence-corrected chi connectivity index (χ2v) is 4.16. The first kappa shape index (κ1) is 14.5. The van der Waals surface area contributed by atoms with Gasteiger partial charge < -0.3 is 20.1 Å². The van der Waals surface area contributed by atoms with Crippen molar-refractivity contribution in [3.05, 3.63) is 23.0 Å². The quantitative estimate of drug-likeness (QED) is 0.713. The number of aromatic nitrogens is 1. The lowest BCUT2D eigenvalue weighted by Crippen LogP contribution is -2.31. The third-order valence-corrected chi connectivity index (χ3v) is 2.63. The molecule has 0 fully saturated rings. The van der Waals surface area contributed by atoms with Crippen LogP contribution in [-0.2, 0) is 11.3 Å². The molecule has 3 N–H and O–H groups in total. The highest BCUT2D eigenvalue weighted by Crippen LogP contribution is 2.13. The van der Waals surface area contributed by atoms with E-state index in [-0.39, 0.29) is 18.9 Å². The lowest BCUT2D eigenvalue weighted by molar-refractivity contribution is -0.146. The van der Waals surface area contributed by atoms with Gasteiger partial charge in [0.2, 0.25) is 0 Å². The summed E-state index contributed by atoms with van der Waals surface area (Å²) in [5, 5.41) is 20.5. The number of aliphatic carboxylic acids is 1. The van der Waals surface area contributed by atoms with Gasteiger partial charge in [-0.2, -0.15) is 0 Å². The molecule has 1 aromatic rings. The van der Waals surface area contributed by atoms with E-state index in [1.54, 1.807) is 10.8 Å². The van der Waals surface area contributed by atoms with Crippen molar-refractivity contribution in [2.75, 3.05) is 6.54 Å². The molecular weight excluding hydrogens is 260 g/mol. The van der Waals surface area contributed by atoms with Crippen LogP contribution >= 0.6 is 11.6 Å². The monoisotopic (exact) mass is 274 g/mol. The number of nitrogens with one attached hydrogen (secondary N) is 1. The molecule has 6 nitrogen and oxygen atoms in total. The number of carboxylic acid groups (broad SMARTS) is 1. The van der Waals surface area contributed by atoms with E-state index in [9.17, 15) is 9.59 Å². The molecule has 100 valence electrons. The van der Waals surface area contributed by atoms with Gasteiger partial charge in [0.25, 0.3) is 5.91 Å². The molecule has 0 aliphatic heterocycles. The molecule has 7 heteroatoms. The molecule has 1 amide bonds. The first-order valence-corrected chi connectivity index (χ1v) is 5.88. The van der Waals surface area contributed by atoms with Gasteiger partial charge in [0.1, 0.15) is 5.69 Å². The molecule has 0 saturated heterocycles. The van der Waals surface area contributed by atoms with Crippen LogP contribution in [0.5, 0.6) is 0 Å². The highest BCUT2D eigenvalue weighted by atomic mass is 35.5. The van der Waals surface area contributed by atoms with Crippen LogP contribution in [0.2, 0.25) is 5.02 Å². The van der Waals surface area contributed by atoms with E-state index >= 15 is 0 Å².